The zero-order chi connectivity index (χ0) is 11.2. The van der Waals surface area contributed by atoms with Crippen LogP contribution in [0.3, 0.4) is 0 Å². The lowest BCUT2D eigenvalue weighted by atomic mass is 10.2. The van der Waals surface area contributed by atoms with Gasteiger partial charge < -0.3 is 15.4 Å². The summed E-state index contributed by atoms with van der Waals surface area (Å²) in [5.74, 6) is 0. The van der Waals surface area contributed by atoms with Crippen molar-refractivity contribution in [2.75, 3.05) is 13.6 Å². The summed E-state index contributed by atoms with van der Waals surface area (Å²) in [6.07, 6.45) is 0.224. The van der Waals surface area contributed by atoms with Gasteiger partial charge in [-0.3, -0.25) is 0 Å². The van der Waals surface area contributed by atoms with Crippen LogP contribution in [0.2, 0.25) is 0 Å². The normalized spacial score (nSPS) is 10.6. The number of alkyl carbamates (subject to hydrolysis) is 1. The van der Waals surface area contributed by atoms with Crippen molar-refractivity contribution in [2.24, 2.45) is 0 Å². The molecule has 0 aromatic rings. The summed E-state index contributed by atoms with van der Waals surface area (Å²) in [6, 6.07) is 0. The van der Waals surface area contributed by atoms with E-state index in [1.54, 1.807) is 7.05 Å². The molecule has 4 nitrogen and oxygen atoms in total. The highest BCUT2D eigenvalue weighted by atomic mass is 32.1. The van der Waals surface area contributed by atoms with E-state index in [-0.39, 0.29) is 0 Å². The quantitative estimate of drug-likeness (QED) is 0.704. The van der Waals surface area contributed by atoms with Crippen LogP contribution < -0.4 is 10.6 Å². The Hall–Kier alpha value is -0.840. The first kappa shape index (κ1) is 13.2. The molecule has 0 rings (SSSR count). The molecule has 1 amide bonds. The van der Waals surface area contributed by atoms with Gasteiger partial charge in [0.1, 0.15) is 5.60 Å². The summed E-state index contributed by atoms with van der Waals surface area (Å²) in [7, 11) is 1.76. The molecule has 2 N–H and O–H groups in total. The SMILES string of the molecule is CNC(=S)CCNC(=O)OC(C)(C)C. The highest BCUT2D eigenvalue weighted by molar-refractivity contribution is 7.80. The number of thiocarbonyl (C=S) groups is 1. The molecule has 0 spiro atoms. The minimum Gasteiger partial charge on any atom is -0.444 e. The summed E-state index contributed by atoms with van der Waals surface area (Å²) in [6.45, 7) is 5.97. The van der Waals surface area contributed by atoms with Crippen LogP contribution in [-0.4, -0.2) is 30.3 Å². The fourth-order valence-electron chi connectivity index (χ4n) is 0.717. The lowest BCUT2D eigenvalue weighted by molar-refractivity contribution is 0.0529. The molecule has 0 bridgehead atoms. The number of nitrogens with one attached hydrogen (secondary N) is 2. The third-order valence-corrected chi connectivity index (χ3v) is 1.71. The minimum absolute atomic E-state index is 0.406. The number of ether oxygens (including phenoxy) is 1. The zero-order valence-electron chi connectivity index (χ0n) is 9.14. The molecule has 0 radical (unpaired) electrons. The predicted octanol–water partition coefficient (Wildman–Crippen LogP) is 1.45. The van der Waals surface area contributed by atoms with Gasteiger partial charge in [0.25, 0.3) is 0 Å². The number of hydrogen-bond acceptors (Lipinski definition) is 3. The number of amides is 1. The molecule has 0 saturated carbocycles. The van der Waals surface area contributed by atoms with Crippen LogP contribution in [0, 0.1) is 0 Å². The maximum atomic E-state index is 11.1. The van der Waals surface area contributed by atoms with Gasteiger partial charge in [0.2, 0.25) is 0 Å². The fourth-order valence-corrected chi connectivity index (χ4v) is 0.819. The molecule has 0 aliphatic rings. The van der Waals surface area contributed by atoms with Crippen molar-refractivity contribution in [3.05, 3.63) is 0 Å². The average Bonchev–Trinajstić information content (AvgIpc) is 2.00. The highest BCUT2D eigenvalue weighted by Gasteiger charge is 2.15. The van der Waals surface area contributed by atoms with Crippen LogP contribution in [0.15, 0.2) is 0 Å². The molecule has 0 unspecified atom stereocenters. The van der Waals surface area contributed by atoms with Crippen LogP contribution >= 0.6 is 12.2 Å². The van der Waals surface area contributed by atoms with Crippen molar-refractivity contribution in [2.45, 2.75) is 32.8 Å². The first-order valence-corrected chi connectivity index (χ1v) is 4.93. The van der Waals surface area contributed by atoms with Gasteiger partial charge >= 0.3 is 6.09 Å². The molecular formula is C9H18N2O2S. The number of hydrogen-bond donors (Lipinski definition) is 2. The second-order valence-corrected chi connectivity index (χ2v) is 4.34. The first-order chi connectivity index (χ1) is 6.35. The number of carbonyl (C=O) groups excluding carboxylic acids is 1. The van der Waals surface area contributed by atoms with E-state index in [0.29, 0.717) is 13.0 Å². The second-order valence-electron chi connectivity index (χ2n) is 3.85. The maximum Gasteiger partial charge on any atom is 0.407 e. The van der Waals surface area contributed by atoms with Crippen molar-refractivity contribution >= 4 is 23.3 Å². The summed E-state index contributed by atoms with van der Waals surface area (Å²) < 4.78 is 5.04. The van der Waals surface area contributed by atoms with Gasteiger partial charge in [-0.1, -0.05) is 12.2 Å². The van der Waals surface area contributed by atoms with Gasteiger partial charge in [-0.25, -0.2) is 4.79 Å². The van der Waals surface area contributed by atoms with E-state index in [0.717, 1.165) is 4.99 Å². The smallest absolute Gasteiger partial charge is 0.407 e. The monoisotopic (exact) mass is 218 g/mol. The lowest BCUT2D eigenvalue weighted by Gasteiger charge is -2.19. The summed E-state index contributed by atoms with van der Waals surface area (Å²) >= 11 is 4.91. The van der Waals surface area contributed by atoms with Gasteiger partial charge in [0.15, 0.2) is 0 Å². The van der Waals surface area contributed by atoms with Gasteiger partial charge in [0, 0.05) is 20.0 Å². The molecule has 0 aliphatic heterocycles. The van der Waals surface area contributed by atoms with Crippen LogP contribution in [0.4, 0.5) is 4.79 Å². The molecule has 82 valence electrons. The zero-order valence-corrected chi connectivity index (χ0v) is 9.96. The van der Waals surface area contributed by atoms with Crippen LogP contribution in [0.5, 0.6) is 0 Å². The summed E-state index contributed by atoms with van der Waals surface area (Å²) in [5, 5.41) is 5.44. The van der Waals surface area contributed by atoms with Gasteiger partial charge in [0.05, 0.1) is 4.99 Å². The van der Waals surface area contributed by atoms with Crippen LogP contribution in [0.1, 0.15) is 27.2 Å². The Morgan fingerprint density at radius 3 is 2.43 bits per heavy atom. The van der Waals surface area contributed by atoms with E-state index < -0.39 is 11.7 Å². The van der Waals surface area contributed by atoms with E-state index >= 15 is 0 Å². The Bertz CT molecular complexity index is 211. The van der Waals surface area contributed by atoms with E-state index in [9.17, 15) is 4.79 Å². The standard InChI is InChI=1S/C9H18N2O2S/c1-9(2,3)13-8(12)11-6-5-7(14)10-4/h5-6H2,1-4H3,(H,10,14)(H,11,12). The van der Waals surface area contributed by atoms with Crippen LogP contribution in [-0.2, 0) is 4.74 Å². The fraction of sp³-hybridized carbons (Fsp3) is 0.778. The molecule has 0 aromatic carbocycles. The van der Waals surface area contributed by atoms with Crippen molar-refractivity contribution in [3.8, 4) is 0 Å². The maximum absolute atomic E-state index is 11.1. The van der Waals surface area contributed by atoms with Crippen molar-refractivity contribution < 1.29 is 9.53 Å². The Balaban J connectivity index is 3.60. The molecule has 0 heterocycles. The Labute approximate surface area is 90.4 Å². The van der Waals surface area contributed by atoms with E-state index in [2.05, 4.69) is 10.6 Å². The van der Waals surface area contributed by atoms with Crippen molar-refractivity contribution in [1.82, 2.24) is 10.6 Å². The molecule has 0 atom stereocenters. The Morgan fingerprint density at radius 1 is 1.43 bits per heavy atom. The first-order valence-electron chi connectivity index (χ1n) is 4.52. The van der Waals surface area contributed by atoms with E-state index in [4.69, 9.17) is 17.0 Å². The average molecular weight is 218 g/mol. The largest absolute Gasteiger partial charge is 0.444 e. The molecule has 5 heteroatoms. The van der Waals surface area contributed by atoms with Crippen molar-refractivity contribution in [1.29, 1.82) is 0 Å². The lowest BCUT2D eigenvalue weighted by Crippen LogP contribution is -2.34. The van der Waals surface area contributed by atoms with Gasteiger partial charge in [-0.15, -0.1) is 0 Å². The summed E-state index contributed by atoms with van der Waals surface area (Å²) in [4.78, 5) is 11.9. The molecule has 0 aromatic heterocycles. The van der Waals surface area contributed by atoms with Crippen LogP contribution in [0.25, 0.3) is 0 Å². The van der Waals surface area contributed by atoms with Crippen molar-refractivity contribution in [3.63, 3.8) is 0 Å². The van der Waals surface area contributed by atoms with Gasteiger partial charge in [-0.2, -0.15) is 0 Å². The van der Waals surface area contributed by atoms with E-state index in [1.807, 2.05) is 20.8 Å². The highest BCUT2D eigenvalue weighted by Crippen LogP contribution is 2.06. The molecule has 0 fully saturated rings. The number of rotatable bonds is 3. The molecule has 0 aliphatic carbocycles. The Kier molecular flexibility index (Phi) is 5.45. The number of carbonyl (C=O) groups is 1. The molecule has 0 saturated heterocycles. The van der Waals surface area contributed by atoms with Gasteiger partial charge in [-0.05, 0) is 20.8 Å². The summed E-state index contributed by atoms with van der Waals surface area (Å²) in [5.41, 5.74) is -0.451. The minimum atomic E-state index is -0.451. The third kappa shape index (κ3) is 7.79. The van der Waals surface area contributed by atoms with E-state index in [1.165, 1.54) is 0 Å². The molecule has 14 heavy (non-hydrogen) atoms. The molecular weight excluding hydrogens is 200 g/mol. The topological polar surface area (TPSA) is 50.4 Å². The second kappa shape index (κ2) is 5.80. The third-order valence-electron chi connectivity index (χ3n) is 1.30. The predicted molar refractivity (Wildman–Crippen MR) is 60.5 cm³/mol. The Morgan fingerprint density at radius 2 is 2.00 bits per heavy atom.